The molecule has 2 aromatic carbocycles. The van der Waals surface area contributed by atoms with Crippen LogP contribution in [0.15, 0.2) is 42.5 Å². The van der Waals surface area contributed by atoms with E-state index in [4.69, 9.17) is 9.47 Å². The first-order valence-electron chi connectivity index (χ1n) is 8.26. The summed E-state index contributed by atoms with van der Waals surface area (Å²) >= 11 is 0. The molecule has 0 aliphatic carbocycles. The molecule has 0 bridgehead atoms. The number of carbonyl (C=O) groups is 3. The summed E-state index contributed by atoms with van der Waals surface area (Å²) in [6.07, 6.45) is -0.798. The van der Waals surface area contributed by atoms with Crippen LogP contribution in [0.4, 0.5) is 5.69 Å². The lowest BCUT2D eigenvalue weighted by Crippen LogP contribution is -2.21. The SMILES string of the molecule is Cc1ccc(NC(=O)COC(=O)C[C@@H]2OC(=O)c3ccccc32)cc1C. The quantitative estimate of drug-likeness (QED) is 0.836. The van der Waals surface area contributed by atoms with Crippen molar-refractivity contribution in [2.45, 2.75) is 26.4 Å². The molecule has 134 valence electrons. The summed E-state index contributed by atoms with van der Waals surface area (Å²) in [6, 6.07) is 12.4. The van der Waals surface area contributed by atoms with E-state index in [1.54, 1.807) is 30.3 Å². The Morgan fingerprint density at radius 1 is 1.12 bits per heavy atom. The maximum absolute atomic E-state index is 12.0. The van der Waals surface area contributed by atoms with Crippen LogP contribution in [-0.4, -0.2) is 24.5 Å². The second kappa shape index (κ2) is 7.39. The number of fused-ring (bicyclic) bond motifs is 1. The van der Waals surface area contributed by atoms with E-state index >= 15 is 0 Å². The second-order valence-corrected chi connectivity index (χ2v) is 6.19. The highest BCUT2D eigenvalue weighted by Gasteiger charge is 2.32. The number of amides is 1. The van der Waals surface area contributed by atoms with Gasteiger partial charge in [0.1, 0.15) is 6.10 Å². The highest BCUT2D eigenvalue weighted by Crippen LogP contribution is 2.32. The van der Waals surface area contributed by atoms with Crippen LogP contribution in [0.5, 0.6) is 0 Å². The molecule has 1 aliphatic heterocycles. The molecule has 0 fully saturated rings. The van der Waals surface area contributed by atoms with Crippen LogP contribution in [0.3, 0.4) is 0 Å². The number of hydrogen-bond donors (Lipinski definition) is 1. The Hall–Kier alpha value is -3.15. The van der Waals surface area contributed by atoms with Gasteiger partial charge in [0.25, 0.3) is 5.91 Å². The summed E-state index contributed by atoms with van der Waals surface area (Å²) in [5.74, 6) is -1.48. The lowest BCUT2D eigenvalue weighted by Gasteiger charge is -2.11. The lowest BCUT2D eigenvalue weighted by molar-refractivity contribution is -0.149. The zero-order valence-corrected chi connectivity index (χ0v) is 14.6. The van der Waals surface area contributed by atoms with Crippen molar-refractivity contribution in [2.24, 2.45) is 0 Å². The standard InChI is InChI=1S/C20H19NO5/c1-12-7-8-14(9-13(12)2)21-18(22)11-25-19(23)10-17-15-5-3-4-6-16(15)20(24)26-17/h3-9,17H,10-11H2,1-2H3,(H,21,22)/t17-/m0/s1. The fourth-order valence-electron chi connectivity index (χ4n) is 2.74. The number of hydrogen-bond acceptors (Lipinski definition) is 5. The predicted octanol–water partition coefficient (Wildman–Crippen LogP) is 3.09. The van der Waals surface area contributed by atoms with Crippen LogP contribution in [0.1, 0.15) is 39.6 Å². The number of cyclic esters (lactones) is 1. The minimum Gasteiger partial charge on any atom is -0.455 e. The first-order valence-corrected chi connectivity index (χ1v) is 8.26. The van der Waals surface area contributed by atoms with Crippen LogP contribution in [0, 0.1) is 13.8 Å². The molecule has 26 heavy (non-hydrogen) atoms. The van der Waals surface area contributed by atoms with Gasteiger partial charge in [0.15, 0.2) is 6.61 Å². The molecule has 0 unspecified atom stereocenters. The Labute approximate surface area is 151 Å². The van der Waals surface area contributed by atoms with Gasteiger partial charge >= 0.3 is 11.9 Å². The summed E-state index contributed by atoms with van der Waals surface area (Å²) in [5.41, 5.74) is 3.95. The molecule has 2 aromatic rings. The third-order valence-corrected chi connectivity index (χ3v) is 4.28. The smallest absolute Gasteiger partial charge is 0.339 e. The lowest BCUT2D eigenvalue weighted by atomic mass is 10.0. The molecule has 0 spiro atoms. The van der Waals surface area contributed by atoms with Crippen molar-refractivity contribution in [3.8, 4) is 0 Å². The van der Waals surface area contributed by atoms with E-state index < -0.39 is 30.6 Å². The van der Waals surface area contributed by atoms with Crippen molar-refractivity contribution in [3.05, 3.63) is 64.7 Å². The van der Waals surface area contributed by atoms with Crippen LogP contribution >= 0.6 is 0 Å². The monoisotopic (exact) mass is 353 g/mol. The maximum Gasteiger partial charge on any atom is 0.339 e. The summed E-state index contributed by atoms with van der Waals surface area (Å²) in [6.45, 7) is 3.54. The van der Waals surface area contributed by atoms with Gasteiger partial charge in [-0.3, -0.25) is 9.59 Å². The zero-order chi connectivity index (χ0) is 18.7. The van der Waals surface area contributed by atoms with Crippen molar-refractivity contribution in [1.82, 2.24) is 0 Å². The van der Waals surface area contributed by atoms with E-state index in [0.717, 1.165) is 11.1 Å². The summed E-state index contributed by atoms with van der Waals surface area (Å²) in [5, 5.41) is 2.68. The van der Waals surface area contributed by atoms with Crippen LogP contribution in [-0.2, 0) is 19.1 Å². The number of benzene rings is 2. The molecule has 1 aliphatic rings. The topological polar surface area (TPSA) is 81.7 Å². The minimum atomic E-state index is -0.672. The normalized spacial score (nSPS) is 15.2. The van der Waals surface area contributed by atoms with Gasteiger partial charge in [0, 0.05) is 11.3 Å². The Bertz CT molecular complexity index is 874. The van der Waals surface area contributed by atoms with Crippen molar-refractivity contribution in [1.29, 1.82) is 0 Å². The molecular weight excluding hydrogens is 334 g/mol. The Balaban J connectivity index is 1.51. The molecule has 0 aromatic heterocycles. The predicted molar refractivity (Wildman–Crippen MR) is 94.7 cm³/mol. The molecular formula is C20H19NO5. The van der Waals surface area contributed by atoms with Crippen molar-refractivity contribution < 1.29 is 23.9 Å². The van der Waals surface area contributed by atoms with Gasteiger partial charge in [-0.05, 0) is 43.2 Å². The van der Waals surface area contributed by atoms with Gasteiger partial charge < -0.3 is 14.8 Å². The van der Waals surface area contributed by atoms with Crippen LogP contribution < -0.4 is 5.32 Å². The highest BCUT2D eigenvalue weighted by molar-refractivity contribution is 5.95. The molecule has 0 saturated carbocycles. The average Bonchev–Trinajstić information content (AvgIpc) is 2.93. The second-order valence-electron chi connectivity index (χ2n) is 6.19. The van der Waals surface area contributed by atoms with E-state index in [1.807, 2.05) is 26.0 Å². The van der Waals surface area contributed by atoms with Crippen molar-refractivity contribution in [3.63, 3.8) is 0 Å². The van der Waals surface area contributed by atoms with E-state index in [-0.39, 0.29) is 6.42 Å². The molecule has 1 atom stereocenters. The molecule has 1 heterocycles. The molecule has 6 heteroatoms. The number of esters is 2. The fraction of sp³-hybridized carbons (Fsp3) is 0.250. The third kappa shape index (κ3) is 3.91. The summed E-state index contributed by atoms with van der Waals surface area (Å²) in [7, 11) is 0. The number of nitrogens with one attached hydrogen (secondary N) is 1. The number of carbonyl (C=O) groups excluding carboxylic acids is 3. The van der Waals surface area contributed by atoms with Gasteiger partial charge in [-0.2, -0.15) is 0 Å². The summed E-state index contributed by atoms with van der Waals surface area (Å²) in [4.78, 5) is 35.6. The Kier molecular flexibility index (Phi) is 5.02. The van der Waals surface area contributed by atoms with Gasteiger partial charge in [0.2, 0.25) is 0 Å². The van der Waals surface area contributed by atoms with Crippen molar-refractivity contribution in [2.75, 3.05) is 11.9 Å². The molecule has 0 saturated heterocycles. The molecule has 1 N–H and O–H groups in total. The van der Waals surface area contributed by atoms with E-state index in [1.165, 1.54) is 0 Å². The van der Waals surface area contributed by atoms with Gasteiger partial charge in [-0.25, -0.2) is 4.79 Å². The minimum absolute atomic E-state index is 0.125. The van der Waals surface area contributed by atoms with Crippen molar-refractivity contribution >= 4 is 23.5 Å². The first kappa shape index (κ1) is 17.7. The number of aryl methyl sites for hydroxylation is 2. The highest BCUT2D eigenvalue weighted by atomic mass is 16.6. The van der Waals surface area contributed by atoms with Gasteiger partial charge in [-0.15, -0.1) is 0 Å². The number of anilines is 1. The molecule has 3 rings (SSSR count). The van der Waals surface area contributed by atoms with Crippen LogP contribution in [0.25, 0.3) is 0 Å². The van der Waals surface area contributed by atoms with E-state index in [0.29, 0.717) is 16.8 Å². The molecule has 1 amide bonds. The average molecular weight is 353 g/mol. The Morgan fingerprint density at radius 3 is 2.65 bits per heavy atom. The fourth-order valence-corrected chi connectivity index (χ4v) is 2.74. The molecule has 0 radical (unpaired) electrons. The third-order valence-electron chi connectivity index (χ3n) is 4.28. The number of ether oxygens (including phenoxy) is 2. The molecule has 6 nitrogen and oxygen atoms in total. The maximum atomic E-state index is 12.0. The Morgan fingerprint density at radius 2 is 1.88 bits per heavy atom. The van der Waals surface area contributed by atoms with Gasteiger partial charge in [0.05, 0.1) is 12.0 Å². The largest absolute Gasteiger partial charge is 0.455 e. The number of rotatable bonds is 5. The van der Waals surface area contributed by atoms with Crippen LogP contribution in [0.2, 0.25) is 0 Å². The summed E-state index contributed by atoms with van der Waals surface area (Å²) < 4.78 is 10.2. The first-order chi connectivity index (χ1) is 12.4. The zero-order valence-electron chi connectivity index (χ0n) is 14.6. The van der Waals surface area contributed by atoms with E-state index in [2.05, 4.69) is 5.32 Å². The van der Waals surface area contributed by atoms with Gasteiger partial charge in [-0.1, -0.05) is 24.3 Å². The van der Waals surface area contributed by atoms with E-state index in [9.17, 15) is 14.4 Å².